The number of carbonyl (C=O) groups excluding carboxylic acids is 2. The van der Waals surface area contributed by atoms with E-state index in [-0.39, 0.29) is 35.0 Å². The Morgan fingerprint density at radius 1 is 1.30 bits per heavy atom. The van der Waals surface area contributed by atoms with Crippen molar-refractivity contribution in [1.29, 1.82) is 0 Å². The molecule has 0 unspecified atom stereocenters. The quantitative estimate of drug-likeness (QED) is 0.799. The molecule has 2 amide bonds. The molecule has 1 saturated heterocycles. The van der Waals surface area contributed by atoms with Crippen LogP contribution >= 0.6 is 0 Å². The third-order valence-corrected chi connectivity index (χ3v) is 5.17. The standard InChI is InChI=1S/C20H26F3N5O2/c1-11(2)7-16(25-13(4)29)19(30)27-6-5-14(10-27)15-9-18-24-12(3)8-17(20(21,22)23)28(18)26-15/h8-9,11,14,16H,5-7,10H2,1-4H3,(H,25,29)/t14-,16-/m0/s1. The van der Waals surface area contributed by atoms with E-state index in [0.717, 1.165) is 10.6 Å². The first-order valence-corrected chi connectivity index (χ1v) is 9.96. The minimum atomic E-state index is -4.55. The maximum atomic E-state index is 13.4. The molecule has 0 spiro atoms. The van der Waals surface area contributed by atoms with E-state index >= 15 is 0 Å². The van der Waals surface area contributed by atoms with Gasteiger partial charge in [-0.25, -0.2) is 9.50 Å². The molecule has 30 heavy (non-hydrogen) atoms. The summed E-state index contributed by atoms with van der Waals surface area (Å²) in [5, 5.41) is 6.87. The predicted molar refractivity (Wildman–Crippen MR) is 104 cm³/mol. The highest BCUT2D eigenvalue weighted by Gasteiger charge is 2.37. The van der Waals surface area contributed by atoms with E-state index in [1.54, 1.807) is 11.0 Å². The van der Waals surface area contributed by atoms with Gasteiger partial charge in [0.05, 0.1) is 5.69 Å². The number of likely N-dealkylation sites (tertiary alicyclic amines) is 1. The third-order valence-electron chi connectivity index (χ3n) is 5.17. The Morgan fingerprint density at radius 2 is 2.00 bits per heavy atom. The van der Waals surface area contributed by atoms with E-state index < -0.39 is 17.9 Å². The summed E-state index contributed by atoms with van der Waals surface area (Å²) in [4.78, 5) is 30.2. The number of fused-ring (bicyclic) bond motifs is 1. The second kappa shape index (κ2) is 8.23. The molecule has 164 valence electrons. The molecule has 3 heterocycles. The normalized spacial score (nSPS) is 18.3. The molecule has 1 aliphatic rings. The summed E-state index contributed by atoms with van der Waals surface area (Å²) < 4.78 is 40.9. The van der Waals surface area contributed by atoms with Crippen molar-refractivity contribution in [3.8, 4) is 0 Å². The number of amides is 2. The summed E-state index contributed by atoms with van der Waals surface area (Å²) in [5.74, 6) is -0.409. The van der Waals surface area contributed by atoms with E-state index in [4.69, 9.17) is 0 Å². The van der Waals surface area contributed by atoms with Crippen molar-refractivity contribution in [2.75, 3.05) is 13.1 Å². The molecule has 0 aliphatic carbocycles. The van der Waals surface area contributed by atoms with Crippen molar-refractivity contribution >= 4 is 17.5 Å². The number of halogens is 3. The fourth-order valence-electron chi connectivity index (χ4n) is 3.88. The van der Waals surface area contributed by atoms with Gasteiger partial charge in [0.25, 0.3) is 0 Å². The van der Waals surface area contributed by atoms with Crippen LogP contribution in [-0.4, -0.2) is 50.4 Å². The molecular formula is C20H26F3N5O2. The summed E-state index contributed by atoms with van der Waals surface area (Å²) in [6.45, 7) is 7.63. The molecule has 1 N–H and O–H groups in total. The largest absolute Gasteiger partial charge is 0.433 e. The van der Waals surface area contributed by atoms with Crippen molar-refractivity contribution in [3.63, 3.8) is 0 Å². The fraction of sp³-hybridized carbons (Fsp3) is 0.600. The lowest BCUT2D eigenvalue weighted by Crippen LogP contribution is -2.47. The van der Waals surface area contributed by atoms with Crippen molar-refractivity contribution in [3.05, 3.63) is 29.2 Å². The number of hydrogen-bond donors (Lipinski definition) is 1. The SMILES string of the molecule is CC(=O)N[C@@H](CC(C)C)C(=O)N1CC[C@H](c2cc3nc(C)cc(C(F)(F)F)n3n2)C1. The first-order chi connectivity index (χ1) is 14.0. The average Bonchev–Trinajstić information content (AvgIpc) is 3.24. The number of hydrogen-bond acceptors (Lipinski definition) is 4. The van der Waals surface area contributed by atoms with Gasteiger partial charge >= 0.3 is 6.18 Å². The minimum absolute atomic E-state index is 0.137. The van der Waals surface area contributed by atoms with Gasteiger partial charge in [0.1, 0.15) is 11.7 Å². The van der Waals surface area contributed by atoms with Crippen LogP contribution in [0.3, 0.4) is 0 Å². The van der Waals surface area contributed by atoms with Crippen molar-refractivity contribution < 1.29 is 22.8 Å². The minimum Gasteiger partial charge on any atom is -0.345 e. The van der Waals surface area contributed by atoms with Crippen LogP contribution < -0.4 is 5.32 Å². The monoisotopic (exact) mass is 425 g/mol. The molecule has 2 aromatic rings. The second-order valence-electron chi connectivity index (χ2n) is 8.27. The van der Waals surface area contributed by atoms with Gasteiger partial charge in [0, 0.05) is 37.7 Å². The maximum absolute atomic E-state index is 13.4. The number of nitrogens with zero attached hydrogens (tertiary/aromatic N) is 4. The predicted octanol–water partition coefficient (Wildman–Crippen LogP) is 2.92. The van der Waals surface area contributed by atoms with Crippen LogP contribution in [0, 0.1) is 12.8 Å². The van der Waals surface area contributed by atoms with Crippen molar-refractivity contribution in [2.45, 2.75) is 58.7 Å². The second-order valence-corrected chi connectivity index (χ2v) is 8.27. The average molecular weight is 425 g/mol. The van der Waals surface area contributed by atoms with Gasteiger partial charge in [-0.15, -0.1) is 0 Å². The maximum Gasteiger partial charge on any atom is 0.433 e. The van der Waals surface area contributed by atoms with Gasteiger partial charge in [0.2, 0.25) is 11.8 Å². The van der Waals surface area contributed by atoms with E-state index in [2.05, 4.69) is 15.4 Å². The first-order valence-electron chi connectivity index (χ1n) is 9.96. The molecular weight excluding hydrogens is 399 g/mol. The van der Waals surface area contributed by atoms with Crippen LogP contribution in [0.15, 0.2) is 12.1 Å². The lowest BCUT2D eigenvalue weighted by molar-refractivity contribution is -0.142. The highest BCUT2D eigenvalue weighted by atomic mass is 19.4. The van der Waals surface area contributed by atoms with E-state index in [9.17, 15) is 22.8 Å². The number of aryl methyl sites for hydroxylation is 1. The molecule has 1 fully saturated rings. The Labute approximate surface area is 172 Å². The number of nitrogens with one attached hydrogen (secondary N) is 1. The zero-order valence-corrected chi connectivity index (χ0v) is 17.5. The van der Waals surface area contributed by atoms with Gasteiger partial charge in [0.15, 0.2) is 5.65 Å². The van der Waals surface area contributed by atoms with Crippen LogP contribution in [0.2, 0.25) is 0 Å². The molecule has 10 heteroatoms. The number of alkyl halides is 3. The molecule has 2 atom stereocenters. The first kappa shape index (κ1) is 22.0. The summed E-state index contributed by atoms with van der Waals surface area (Å²) in [6.07, 6.45) is -3.44. The molecule has 1 aliphatic heterocycles. The lowest BCUT2D eigenvalue weighted by Gasteiger charge is -2.25. The van der Waals surface area contributed by atoms with Gasteiger partial charge in [-0.1, -0.05) is 13.8 Å². The molecule has 2 aromatic heterocycles. The number of aromatic nitrogens is 3. The Kier molecular flexibility index (Phi) is 6.05. The summed E-state index contributed by atoms with van der Waals surface area (Å²) >= 11 is 0. The van der Waals surface area contributed by atoms with Gasteiger partial charge in [-0.3, -0.25) is 9.59 Å². The highest BCUT2D eigenvalue weighted by Crippen LogP contribution is 2.32. The number of rotatable bonds is 5. The molecule has 7 nitrogen and oxygen atoms in total. The van der Waals surface area contributed by atoms with Gasteiger partial charge in [-0.05, 0) is 31.7 Å². The molecule has 3 rings (SSSR count). The lowest BCUT2D eigenvalue weighted by atomic mass is 10.0. The van der Waals surface area contributed by atoms with Gasteiger partial charge in [-0.2, -0.15) is 18.3 Å². The van der Waals surface area contributed by atoms with Crippen molar-refractivity contribution in [2.24, 2.45) is 5.92 Å². The number of carbonyl (C=O) groups is 2. The Bertz CT molecular complexity index is 954. The summed E-state index contributed by atoms with van der Waals surface area (Å²) in [5.41, 5.74) is 0.00744. The van der Waals surface area contributed by atoms with Crippen molar-refractivity contribution in [1.82, 2.24) is 24.8 Å². The Balaban J connectivity index is 1.81. The molecule has 0 aromatic carbocycles. The Hall–Kier alpha value is -2.65. The highest BCUT2D eigenvalue weighted by molar-refractivity contribution is 5.87. The smallest absolute Gasteiger partial charge is 0.345 e. The molecule has 0 bridgehead atoms. The summed E-state index contributed by atoms with van der Waals surface area (Å²) in [6, 6.07) is 1.92. The van der Waals surface area contributed by atoms with Crippen LogP contribution in [0.5, 0.6) is 0 Å². The Morgan fingerprint density at radius 3 is 2.60 bits per heavy atom. The van der Waals surface area contributed by atoms with Crippen LogP contribution in [0.25, 0.3) is 5.65 Å². The van der Waals surface area contributed by atoms with Crippen LogP contribution in [-0.2, 0) is 15.8 Å². The van der Waals surface area contributed by atoms with Crippen LogP contribution in [0.4, 0.5) is 13.2 Å². The van der Waals surface area contributed by atoms with E-state index in [0.29, 0.717) is 31.6 Å². The third kappa shape index (κ3) is 4.73. The van der Waals surface area contributed by atoms with E-state index in [1.807, 2.05) is 13.8 Å². The fourth-order valence-corrected chi connectivity index (χ4v) is 3.88. The zero-order chi connectivity index (χ0) is 22.2. The molecule has 0 radical (unpaired) electrons. The summed E-state index contributed by atoms with van der Waals surface area (Å²) in [7, 11) is 0. The van der Waals surface area contributed by atoms with E-state index in [1.165, 1.54) is 13.8 Å². The molecule has 0 saturated carbocycles. The van der Waals surface area contributed by atoms with Gasteiger partial charge < -0.3 is 10.2 Å². The topological polar surface area (TPSA) is 79.6 Å². The van der Waals surface area contributed by atoms with Crippen LogP contribution in [0.1, 0.15) is 56.6 Å². The zero-order valence-electron chi connectivity index (χ0n) is 17.5.